The molecule has 0 aliphatic heterocycles. The van der Waals surface area contributed by atoms with Gasteiger partial charge in [0.05, 0.1) is 5.56 Å². The number of rotatable bonds is 5. The van der Waals surface area contributed by atoms with Gasteiger partial charge in [0.25, 0.3) is 0 Å². The molecule has 3 aromatic rings. The number of aryl methyl sites for hydroxylation is 2. The molecule has 0 radical (unpaired) electrons. The SMILES string of the molecule is Cc1ccc(Oc2c(/C=C/C(N)=O)c(-c3ccccc3)nn2C)cc1. The summed E-state index contributed by atoms with van der Waals surface area (Å²) in [5.74, 6) is 0.714. The summed E-state index contributed by atoms with van der Waals surface area (Å²) in [5, 5.41) is 4.56. The first-order valence-corrected chi connectivity index (χ1v) is 7.89. The maximum Gasteiger partial charge on any atom is 0.241 e. The van der Waals surface area contributed by atoms with Gasteiger partial charge in [0.1, 0.15) is 11.4 Å². The number of amides is 1. The van der Waals surface area contributed by atoms with Crippen molar-refractivity contribution in [1.82, 2.24) is 9.78 Å². The molecule has 5 heteroatoms. The Morgan fingerprint density at radius 3 is 2.44 bits per heavy atom. The molecule has 0 aliphatic rings. The normalized spacial score (nSPS) is 11.0. The van der Waals surface area contributed by atoms with Gasteiger partial charge in [0.15, 0.2) is 0 Å². The first kappa shape index (κ1) is 16.5. The molecule has 0 atom stereocenters. The third kappa shape index (κ3) is 3.77. The highest BCUT2D eigenvalue weighted by atomic mass is 16.5. The molecule has 0 aliphatic carbocycles. The lowest BCUT2D eigenvalue weighted by molar-refractivity contribution is -0.113. The highest BCUT2D eigenvalue weighted by Gasteiger charge is 2.17. The Labute approximate surface area is 146 Å². The van der Waals surface area contributed by atoms with E-state index in [9.17, 15) is 4.79 Å². The Morgan fingerprint density at radius 1 is 1.12 bits per heavy atom. The van der Waals surface area contributed by atoms with Gasteiger partial charge < -0.3 is 10.5 Å². The van der Waals surface area contributed by atoms with Gasteiger partial charge in [-0.05, 0) is 25.1 Å². The maximum absolute atomic E-state index is 11.2. The van der Waals surface area contributed by atoms with Crippen LogP contribution in [0, 0.1) is 6.92 Å². The van der Waals surface area contributed by atoms with Crippen LogP contribution in [0.4, 0.5) is 0 Å². The quantitative estimate of drug-likeness (QED) is 0.724. The lowest BCUT2D eigenvalue weighted by Crippen LogP contribution is -2.05. The molecule has 0 saturated carbocycles. The Balaban J connectivity index is 2.08. The molecule has 2 aromatic carbocycles. The summed E-state index contributed by atoms with van der Waals surface area (Å²) in [5.41, 5.74) is 8.77. The monoisotopic (exact) mass is 333 g/mol. The van der Waals surface area contributed by atoms with Crippen molar-refractivity contribution in [2.24, 2.45) is 12.8 Å². The van der Waals surface area contributed by atoms with E-state index in [0.717, 1.165) is 16.8 Å². The number of ether oxygens (including phenoxy) is 1. The smallest absolute Gasteiger partial charge is 0.241 e. The predicted molar refractivity (Wildman–Crippen MR) is 98.1 cm³/mol. The van der Waals surface area contributed by atoms with Crippen LogP contribution in [0.15, 0.2) is 60.7 Å². The molecule has 0 unspecified atom stereocenters. The number of aromatic nitrogens is 2. The number of primary amides is 1. The molecule has 126 valence electrons. The Hall–Kier alpha value is -3.34. The van der Waals surface area contributed by atoms with Crippen LogP contribution in [-0.2, 0) is 11.8 Å². The van der Waals surface area contributed by atoms with Crippen molar-refractivity contribution in [3.05, 3.63) is 71.8 Å². The van der Waals surface area contributed by atoms with Crippen molar-refractivity contribution in [1.29, 1.82) is 0 Å². The van der Waals surface area contributed by atoms with Gasteiger partial charge >= 0.3 is 0 Å². The zero-order valence-corrected chi connectivity index (χ0v) is 14.1. The minimum absolute atomic E-state index is 0.524. The van der Waals surface area contributed by atoms with Gasteiger partial charge in [-0.25, -0.2) is 4.68 Å². The van der Waals surface area contributed by atoms with Crippen LogP contribution in [-0.4, -0.2) is 15.7 Å². The molecule has 5 nitrogen and oxygen atoms in total. The van der Waals surface area contributed by atoms with Crippen molar-refractivity contribution in [3.63, 3.8) is 0 Å². The molecule has 0 spiro atoms. The molecule has 1 heterocycles. The fourth-order valence-corrected chi connectivity index (χ4v) is 2.49. The second kappa shape index (κ2) is 7.05. The van der Waals surface area contributed by atoms with Crippen molar-refractivity contribution >= 4 is 12.0 Å². The zero-order valence-electron chi connectivity index (χ0n) is 14.1. The van der Waals surface area contributed by atoms with Crippen LogP contribution in [0.5, 0.6) is 11.6 Å². The van der Waals surface area contributed by atoms with E-state index in [1.54, 1.807) is 17.8 Å². The summed E-state index contributed by atoms with van der Waals surface area (Å²) in [6, 6.07) is 17.5. The zero-order chi connectivity index (χ0) is 17.8. The van der Waals surface area contributed by atoms with Gasteiger partial charge in [-0.15, -0.1) is 0 Å². The molecular formula is C20H19N3O2. The highest BCUT2D eigenvalue weighted by molar-refractivity contribution is 5.92. The summed E-state index contributed by atoms with van der Waals surface area (Å²) < 4.78 is 7.68. The van der Waals surface area contributed by atoms with Crippen LogP contribution in [0.2, 0.25) is 0 Å². The van der Waals surface area contributed by atoms with E-state index in [1.165, 1.54) is 6.08 Å². The molecule has 2 N–H and O–H groups in total. The molecule has 0 bridgehead atoms. The minimum Gasteiger partial charge on any atom is -0.439 e. The molecule has 3 rings (SSSR count). The van der Waals surface area contributed by atoms with E-state index >= 15 is 0 Å². The van der Waals surface area contributed by atoms with Crippen molar-refractivity contribution < 1.29 is 9.53 Å². The number of carbonyl (C=O) groups excluding carboxylic acids is 1. The summed E-state index contributed by atoms with van der Waals surface area (Å²) in [6.07, 6.45) is 2.95. The van der Waals surface area contributed by atoms with Gasteiger partial charge in [0, 0.05) is 18.7 Å². The number of benzene rings is 2. The summed E-state index contributed by atoms with van der Waals surface area (Å²) in [4.78, 5) is 11.2. The number of nitrogens with two attached hydrogens (primary N) is 1. The first-order valence-electron chi connectivity index (χ1n) is 7.89. The van der Waals surface area contributed by atoms with Crippen molar-refractivity contribution in [2.45, 2.75) is 6.92 Å². The fraction of sp³-hybridized carbons (Fsp3) is 0.100. The van der Waals surface area contributed by atoms with E-state index in [4.69, 9.17) is 10.5 Å². The lowest BCUT2D eigenvalue weighted by atomic mass is 10.1. The van der Waals surface area contributed by atoms with Crippen molar-refractivity contribution in [2.75, 3.05) is 0 Å². The van der Waals surface area contributed by atoms with E-state index in [-0.39, 0.29) is 0 Å². The Morgan fingerprint density at radius 2 is 1.80 bits per heavy atom. The van der Waals surface area contributed by atoms with Crippen LogP contribution in [0.1, 0.15) is 11.1 Å². The number of nitrogens with zero attached hydrogens (tertiary/aromatic N) is 2. The van der Waals surface area contributed by atoms with Gasteiger partial charge in [-0.1, -0.05) is 48.0 Å². The molecule has 0 saturated heterocycles. The number of hydrogen-bond acceptors (Lipinski definition) is 3. The second-order valence-corrected chi connectivity index (χ2v) is 5.71. The average molecular weight is 333 g/mol. The lowest BCUT2D eigenvalue weighted by Gasteiger charge is -2.07. The second-order valence-electron chi connectivity index (χ2n) is 5.71. The van der Waals surface area contributed by atoms with E-state index in [2.05, 4.69) is 5.10 Å². The summed E-state index contributed by atoms with van der Waals surface area (Å²) >= 11 is 0. The Kier molecular flexibility index (Phi) is 4.66. The summed E-state index contributed by atoms with van der Waals surface area (Å²) in [6.45, 7) is 2.02. The predicted octanol–water partition coefficient (Wildman–Crippen LogP) is 3.69. The fourth-order valence-electron chi connectivity index (χ4n) is 2.49. The molecule has 25 heavy (non-hydrogen) atoms. The van der Waals surface area contributed by atoms with Crippen LogP contribution in [0.3, 0.4) is 0 Å². The first-order chi connectivity index (χ1) is 12.0. The average Bonchev–Trinajstić information content (AvgIpc) is 2.92. The topological polar surface area (TPSA) is 70.1 Å². The van der Waals surface area contributed by atoms with E-state index < -0.39 is 5.91 Å². The van der Waals surface area contributed by atoms with Crippen LogP contribution < -0.4 is 10.5 Å². The Bertz CT molecular complexity index is 910. The number of carbonyl (C=O) groups is 1. The molecule has 1 amide bonds. The van der Waals surface area contributed by atoms with Gasteiger partial charge in [0.2, 0.25) is 11.8 Å². The number of hydrogen-bond donors (Lipinski definition) is 1. The molecule has 0 fully saturated rings. The third-order valence-electron chi connectivity index (χ3n) is 3.73. The minimum atomic E-state index is -0.524. The van der Waals surface area contributed by atoms with Crippen molar-refractivity contribution in [3.8, 4) is 22.9 Å². The standard InChI is InChI=1S/C20H19N3O2/c1-14-8-10-16(11-9-14)25-20-17(12-13-18(21)24)19(22-23(20)2)15-6-4-3-5-7-15/h3-13H,1-2H3,(H2,21,24)/b13-12+. The van der Waals surface area contributed by atoms with Gasteiger partial charge in [-0.2, -0.15) is 5.10 Å². The van der Waals surface area contributed by atoms with Crippen LogP contribution in [0.25, 0.3) is 17.3 Å². The van der Waals surface area contributed by atoms with Gasteiger partial charge in [-0.3, -0.25) is 4.79 Å². The van der Waals surface area contributed by atoms with E-state index in [0.29, 0.717) is 17.2 Å². The summed E-state index contributed by atoms with van der Waals surface area (Å²) in [7, 11) is 1.80. The molecule has 1 aromatic heterocycles. The van der Waals surface area contributed by atoms with E-state index in [1.807, 2.05) is 61.5 Å². The maximum atomic E-state index is 11.2. The third-order valence-corrected chi connectivity index (χ3v) is 3.73. The highest BCUT2D eigenvalue weighted by Crippen LogP contribution is 2.34. The molecular weight excluding hydrogens is 314 g/mol. The largest absolute Gasteiger partial charge is 0.439 e. The van der Waals surface area contributed by atoms with Crippen LogP contribution >= 0.6 is 0 Å².